The van der Waals surface area contributed by atoms with E-state index < -0.39 is 0 Å². The lowest BCUT2D eigenvalue weighted by molar-refractivity contribution is -0.923. The lowest BCUT2D eigenvalue weighted by atomic mass is 9.73. The van der Waals surface area contributed by atoms with E-state index in [2.05, 4.69) is 24.3 Å². The lowest BCUT2D eigenvalue weighted by Crippen LogP contribution is -3.13. The SMILES string of the molecule is COc1cc2c(cc1OC)C1(CCCC1)C[NH+](CCCCC[NH+]1Cc3cc(OC)c(OC)cc3C3(CCCC3)C1)C2. The van der Waals surface area contributed by atoms with E-state index >= 15 is 0 Å². The molecule has 41 heavy (non-hydrogen) atoms. The van der Waals surface area contributed by atoms with Crippen molar-refractivity contribution in [3.8, 4) is 23.0 Å². The van der Waals surface area contributed by atoms with Gasteiger partial charge in [-0.05, 0) is 80.3 Å². The highest BCUT2D eigenvalue weighted by molar-refractivity contribution is 5.52. The third-order valence-corrected chi connectivity index (χ3v) is 11.1. The van der Waals surface area contributed by atoms with E-state index in [0.717, 1.165) is 36.1 Å². The zero-order valence-corrected chi connectivity index (χ0v) is 26.0. The fraction of sp³-hybridized carbons (Fsp3) is 0.657. The first-order chi connectivity index (χ1) is 20.0. The van der Waals surface area contributed by atoms with Crippen molar-refractivity contribution in [1.29, 1.82) is 0 Å². The first kappa shape index (κ1) is 28.7. The number of benzene rings is 2. The standard InChI is InChI=1S/C35H50N2O4/c1-38-30-18-26-22-36(24-34(12-6-7-13-34)28(26)20-32(30)40-3)16-10-5-11-17-37-23-27-19-31(39-2)33(41-4)21-29(27)35(25-37)14-8-9-15-35/h18-21H,5-17,22-25H2,1-4H3/p+2. The third kappa shape index (κ3) is 5.43. The minimum Gasteiger partial charge on any atom is -0.493 e. The van der Waals surface area contributed by atoms with Crippen molar-refractivity contribution in [3.05, 3.63) is 46.5 Å². The molecule has 2 fully saturated rings. The van der Waals surface area contributed by atoms with E-state index in [1.165, 1.54) is 108 Å². The molecular weight excluding hydrogens is 512 g/mol. The lowest BCUT2D eigenvalue weighted by Gasteiger charge is -2.40. The van der Waals surface area contributed by atoms with Crippen molar-refractivity contribution in [2.45, 2.75) is 94.5 Å². The van der Waals surface area contributed by atoms with Gasteiger partial charge in [0.1, 0.15) is 13.1 Å². The number of rotatable bonds is 10. The summed E-state index contributed by atoms with van der Waals surface area (Å²) in [6.07, 6.45) is 14.6. The van der Waals surface area contributed by atoms with E-state index in [-0.39, 0.29) is 0 Å². The van der Waals surface area contributed by atoms with Crippen LogP contribution < -0.4 is 28.7 Å². The van der Waals surface area contributed by atoms with Crippen LogP contribution in [-0.2, 0) is 23.9 Å². The second kappa shape index (κ2) is 12.0. The summed E-state index contributed by atoms with van der Waals surface area (Å²) in [4.78, 5) is 3.52. The van der Waals surface area contributed by atoms with Crippen LogP contribution in [0.15, 0.2) is 24.3 Å². The summed E-state index contributed by atoms with van der Waals surface area (Å²) in [5.74, 6) is 3.53. The van der Waals surface area contributed by atoms with E-state index in [4.69, 9.17) is 18.9 Å². The Balaban J connectivity index is 1.07. The minimum absolute atomic E-state index is 0.327. The summed E-state index contributed by atoms with van der Waals surface area (Å²) in [6.45, 7) is 7.32. The van der Waals surface area contributed by atoms with Crippen LogP contribution in [0, 0.1) is 0 Å². The molecule has 224 valence electrons. The van der Waals surface area contributed by atoms with Crippen LogP contribution in [0.5, 0.6) is 23.0 Å². The highest BCUT2D eigenvalue weighted by atomic mass is 16.5. The maximum Gasteiger partial charge on any atom is 0.161 e. The predicted molar refractivity (Wildman–Crippen MR) is 162 cm³/mol. The van der Waals surface area contributed by atoms with Gasteiger partial charge in [0.2, 0.25) is 0 Å². The van der Waals surface area contributed by atoms with Crippen LogP contribution in [0.1, 0.15) is 92.9 Å². The van der Waals surface area contributed by atoms with Gasteiger partial charge in [-0.15, -0.1) is 0 Å². The van der Waals surface area contributed by atoms with E-state index in [9.17, 15) is 0 Å². The molecule has 2 N–H and O–H groups in total. The monoisotopic (exact) mass is 564 g/mol. The molecule has 0 saturated heterocycles. The molecule has 0 aromatic heterocycles. The fourth-order valence-corrected chi connectivity index (χ4v) is 9.21. The van der Waals surface area contributed by atoms with Crippen molar-refractivity contribution >= 4 is 0 Å². The normalized spacial score (nSPS) is 23.8. The summed E-state index contributed by atoms with van der Waals surface area (Å²) in [7, 11) is 7.04. The van der Waals surface area contributed by atoms with Crippen LogP contribution in [0.4, 0.5) is 0 Å². The molecule has 2 aliphatic heterocycles. The van der Waals surface area contributed by atoms with Crippen LogP contribution in [0.2, 0.25) is 0 Å². The Kier molecular flexibility index (Phi) is 8.42. The molecule has 2 aromatic rings. The minimum atomic E-state index is 0.327. The quantitative estimate of drug-likeness (QED) is 0.428. The summed E-state index contributed by atoms with van der Waals surface area (Å²) < 4.78 is 22.8. The van der Waals surface area contributed by atoms with Crippen molar-refractivity contribution in [2.24, 2.45) is 0 Å². The largest absolute Gasteiger partial charge is 0.493 e. The molecule has 0 bridgehead atoms. The summed E-state index contributed by atoms with van der Waals surface area (Å²) in [5.41, 5.74) is 6.70. The Morgan fingerprint density at radius 1 is 0.537 bits per heavy atom. The number of quaternary nitrogens is 2. The molecule has 2 aromatic carbocycles. The zero-order valence-electron chi connectivity index (χ0n) is 26.0. The van der Waals surface area contributed by atoms with Gasteiger partial charge in [0.05, 0.1) is 54.6 Å². The zero-order chi connectivity index (χ0) is 28.5. The van der Waals surface area contributed by atoms with Gasteiger partial charge in [0.25, 0.3) is 0 Å². The number of nitrogens with one attached hydrogen (secondary N) is 2. The third-order valence-electron chi connectivity index (χ3n) is 11.1. The van der Waals surface area contributed by atoms with Gasteiger partial charge >= 0.3 is 0 Å². The second-order valence-corrected chi connectivity index (χ2v) is 13.5. The van der Waals surface area contributed by atoms with E-state index in [0.29, 0.717) is 10.8 Å². The molecule has 4 aliphatic rings. The van der Waals surface area contributed by atoms with Crippen molar-refractivity contribution in [2.75, 3.05) is 54.6 Å². The topological polar surface area (TPSA) is 45.8 Å². The maximum absolute atomic E-state index is 5.70. The van der Waals surface area contributed by atoms with Gasteiger partial charge < -0.3 is 28.7 Å². The number of fused-ring (bicyclic) bond motifs is 4. The molecule has 2 spiro atoms. The molecule has 0 radical (unpaired) electrons. The van der Waals surface area contributed by atoms with Crippen LogP contribution in [0.3, 0.4) is 0 Å². The van der Waals surface area contributed by atoms with Crippen LogP contribution >= 0.6 is 0 Å². The van der Waals surface area contributed by atoms with Gasteiger partial charge in [-0.3, -0.25) is 0 Å². The Hall–Kier alpha value is -2.44. The first-order valence-corrected chi connectivity index (χ1v) is 16.2. The van der Waals surface area contributed by atoms with Gasteiger partial charge in [-0.2, -0.15) is 0 Å². The molecule has 0 amide bonds. The second-order valence-electron chi connectivity index (χ2n) is 13.5. The van der Waals surface area contributed by atoms with Crippen molar-refractivity contribution in [1.82, 2.24) is 0 Å². The molecule has 2 aliphatic carbocycles. The summed E-state index contributed by atoms with van der Waals surface area (Å²) in [5, 5.41) is 0. The first-order valence-electron chi connectivity index (χ1n) is 16.2. The average molecular weight is 565 g/mol. The van der Waals surface area contributed by atoms with Crippen LogP contribution in [-0.4, -0.2) is 54.6 Å². The Morgan fingerprint density at radius 3 is 1.27 bits per heavy atom. The molecular formula is C35H52N2O4+2. The maximum atomic E-state index is 5.70. The molecule has 2 saturated carbocycles. The van der Waals surface area contributed by atoms with E-state index in [1.807, 2.05) is 0 Å². The van der Waals surface area contributed by atoms with Gasteiger partial charge in [-0.1, -0.05) is 25.7 Å². The number of unbranched alkanes of at least 4 members (excludes halogenated alkanes) is 2. The Morgan fingerprint density at radius 2 is 0.902 bits per heavy atom. The summed E-state index contributed by atoms with van der Waals surface area (Å²) >= 11 is 0. The van der Waals surface area contributed by atoms with E-state index in [1.54, 1.807) is 49.4 Å². The molecule has 6 heteroatoms. The molecule has 6 nitrogen and oxygen atoms in total. The smallest absolute Gasteiger partial charge is 0.161 e. The number of hydrogen-bond donors (Lipinski definition) is 2. The molecule has 2 heterocycles. The van der Waals surface area contributed by atoms with Gasteiger partial charge in [0.15, 0.2) is 23.0 Å². The van der Waals surface area contributed by atoms with Crippen molar-refractivity contribution in [3.63, 3.8) is 0 Å². The molecule has 2 atom stereocenters. The average Bonchev–Trinajstić information content (AvgIpc) is 3.66. The number of ether oxygens (including phenoxy) is 4. The van der Waals surface area contributed by atoms with Gasteiger partial charge in [-0.25, -0.2) is 0 Å². The van der Waals surface area contributed by atoms with Gasteiger partial charge in [0, 0.05) is 22.0 Å². The Labute approximate surface area is 247 Å². The van der Waals surface area contributed by atoms with Crippen molar-refractivity contribution < 1.29 is 28.7 Å². The molecule has 2 unspecified atom stereocenters. The highest BCUT2D eigenvalue weighted by Crippen LogP contribution is 2.47. The van der Waals surface area contributed by atoms with Crippen LogP contribution in [0.25, 0.3) is 0 Å². The highest BCUT2D eigenvalue weighted by Gasteiger charge is 2.46. The molecule has 6 rings (SSSR count). The number of hydrogen-bond acceptors (Lipinski definition) is 4. The number of methoxy groups -OCH3 is 4. The predicted octanol–water partition coefficient (Wildman–Crippen LogP) is 4.01. The Bertz CT molecular complexity index is 1120. The fourth-order valence-electron chi connectivity index (χ4n) is 9.21. The summed E-state index contributed by atoms with van der Waals surface area (Å²) in [6, 6.07) is 9.15.